The first-order valence-corrected chi connectivity index (χ1v) is 15.7. The van der Waals surface area contributed by atoms with E-state index in [2.05, 4.69) is 135 Å². The zero-order chi connectivity index (χ0) is 24.3. The van der Waals surface area contributed by atoms with E-state index in [9.17, 15) is 0 Å². The Hall–Kier alpha value is -2.03. The fourth-order valence-corrected chi connectivity index (χ4v) is 11.0. The molecule has 0 N–H and O–H groups in total. The van der Waals surface area contributed by atoms with E-state index >= 15 is 0 Å². The molecule has 38 heavy (non-hydrogen) atoms. The molecule has 3 aliphatic rings. The number of hydrogen-bond donors (Lipinski definition) is 0. The van der Waals surface area contributed by atoms with Crippen LogP contribution < -0.4 is 24.8 Å². The minimum Gasteiger partial charge on any atom is -1.00 e. The van der Waals surface area contributed by atoms with Gasteiger partial charge in [0, 0.05) is 22.6 Å². The van der Waals surface area contributed by atoms with E-state index < -0.39 is 8.07 Å². The van der Waals surface area contributed by atoms with Crippen molar-refractivity contribution in [3.8, 4) is 16.8 Å². The predicted octanol–water partition coefficient (Wildman–Crippen LogP) is 3.00. The van der Waals surface area contributed by atoms with Crippen LogP contribution in [0.2, 0.25) is 13.1 Å². The Morgan fingerprint density at radius 1 is 0.763 bits per heavy atom. The summed E-state index contributed by atoms with van der Waals surface area (Å²) in [4.78, 5) is 0. The molecule has 5 aromatic rings. The third-order valence-electron chi connectivity index (χ3n) is 7.95. The monoisotopic (exact) mass is 630 g/mol. The van der Waals surface area contributed by atoms with Crippen molar-refractivity contribution in [3.05, 3.63) is 125 Å². The summed E-state index contributed by atoms with van der Waals surface area (Å²) in [6.45, 7) is 11.8. The van der Waals surface area contributed by atoms with Gasteiger partial charge in [-0.2, -0.15) is 6.07 Å². The number of halogens is 2. The smallest absolute Gasteiger partial charge is 1.00 e. The number of aryl methyl sites for hydroxylation is 2. The standard InChI is InChI=1S/C17H19NSi.C16H13.2ClH.Zr/c1-11-10-14-15(17-12(2)16(14)19(17,3)4)18(11)13-8-6-5-7-9-13;1-12-10-14-8-5-9-15(16(14)11-12)13-6-3-2-4-7-13;;;/h5-10,16H,1-4H3;2-11H,1H3;2*1H;/q;-1;;;+3/p-2. The number of fused-ring (bicyclic) bond motifs is 1. The molecule has 3 heterocycles. The zero-order valence-electron chi connectivity index (χ0n) is 22.5. The maximum atomic E-state index is 2.52. The molecule has 1 aromatic heterocycles. The van der Waals surface area contributed by atoms with Crippen LogP contribution in [0, 0.1) is 13.8 Å². The first-order valence-electron chi connectivity index (χ1n) is 12.6. The van der Waals surface area contributed by atoms with Gasteiger partial charge in [0.15, 0.2) is 0 Å². The Morgan fingerprint density at radius 3 is 2.03 bits per heavy atom. The minimum atomic E-state index is -1.19. The summed E-state index contributed by atoms with van der Waals surface area (Å²) in [5, 5.41) is 4.40. The second kappa shape index (κ2) is 11.6. The first-order chi connectivity index (χ1) is 16.9. The third-order valence-corrected chi connectivity index (χ3v) is 12.1. The Kier molecular flexibility index (Phi) is 9.32. The largest absolute Gasteiger partial charge is 3.00 e. The molecule has 0 amide bonds. The van der Waals surface area contributed by atoms with Crippen LogP contribution in [0.4, 0.5) is 0 Å². The van der Waals surface area contributed by atoms with Crippen LogP contribution in [-0.2, 0) is 26.2 Å². The van der Waals surface area contributed by atoms with Gasteiger partial charge < -0.3 is 29.4 Å². The molecule has 0 spiro atoms. The van der Waals surface area contributed by atoms with E-state index in [1.54, 1.807) is 16.3 Å². The quantitative estimate of drug-likeness (QED) is 0.209. The molecule has 5 heteroatoms. The number of aromatic nitrogens is 1. The fourth-order valence-electron chi connectivity index (χ4n) is 6.68. The van der Waals surface area contributed by atoms with Gasteiger partial charge in [0.2, 0.25) is 0 Å². The molecule has 1 nitrogen and oxygen atoms in total. The van der Waals surface area contributed by atoms with E-state index in [1.165, 1.54) is 44.5 Å². The number of para-hydroxylation sites is 1. The van der Waals surface area contributed by atoms with Gasteiger partial charge in [-0.15, -0.1) is 34.5 Å². The molecular formula is C33H32Cl2NSiZr. The van der Waals surface area contributed by atoms with E-state index in [4.69, 9.17) is 0 Å². The molecule has 0 saturated carbocycles. The average molecular weight is 633 g/mol. The number of benzene rings is 3. The molecule has 0 saturated heterocycles. The molecule has 2 bridgehead atoms. The molecule has 1 radical (unpaired) electrons. The molecule has 2 aliphatic heterocycles. The van der Waals surface area contributed by atoms with Crippen LogP contribution in [-0.4, -0.2) is 12.6 Å². The van der Waals surface area contributed by atoms with Crippen molar-refractivity contribution in [1.29, 1.82) is 0 Å². The van der Waals surface area contributed by atoms with E-state index in [0.717, 1.165) is 5.54 Å². The van der Waals surface area contributed by atoms with Crippen LogP contribution in [0.1, 0.15) is 35.0 Å². The van der Waals surface area contributed by atoms with Crippen molar-refractivity contribution in [3.63, 3.8) is 0 Å². The number of allylic oxidation sites excluding steroid dienone is 1. The van der Waals surface area contributed by atoms with Gasteiger partial charge >= 0.3 is 26.2 Å². The normalized spacial score (nSPS) is 15.8. The van der Waals surface area contributed by atoms with Crippen molar-refractivity contribution in [2.45, 2.75) is 39.4 Å². The van der Waals surface area contributed by atoms with Crippen LogP contribution in [0.15, 0.2) is 103 Å². The molecule has 1 atom stereocenters. The van der Waals surface area contributed by atoms with Gasteiger partial charge in [0.05, 0.1) is 8.07 Å². The summed E-state index contributed by atoms with van der Waals surface area (Å²) in [5.41, 5.74) is 12.2. The average Bonchev–Trinajstić information content (AvgIpc) is 3.53. The number of rotatable bonds is 2. The van der Waals surface area contributed by atoms with Crippen LogP contribution in [0.25, 0.3) is 32.8 Å². The van der Waals surface area contributed by atoms with Crippen molar-refractivity contribution < 1.29 is 51.0 Å². The minimum absolute atomic E-state index is 0. The topological polar surface area (TPSA) is 4.93 Å². The number of nitrogens with zero attached hydrogens (tertiary/aromatic N) is 1. The molecule has 8 rings (SSSR count). The molecule has 1 unspecified atom stereocenters. The van der Waals surface area contributed by atoms with Gasteiger partial charge in [0.25, 0.3) is 0 Å². The summed E-state index contributed by atoms with van der Waals surface area (Å²) in [7, 11) is -1.19. The summed E-state index contributed by atoms with van der Waals surface area (Å²) >= 11 is 0. The van der Waals surface area contributed by atoms with Crippen molar-refractivity contribution >= 4 is 24.0 Å². The van der Waals surface area contributed by atoms with Crippen LogP contribution in [0.3, 0.4) is 0 Å². The summed E-state index contributed by atoms with van der Waals surface area (Å²) in [5.74, 6) is 0. The second-order valence-corrected chi connectivity index (χ2v) is 15.2. The van der Waals surface area contributed by atoms with Crippen LogP contribution >= 0.6 is 0 Å². The predicted molar refractivity (Wildman–Crippen MR) is 153 cm³/mol. The Labute approximate surface area is 259 Å². The van der Waals surface area contributed by atoms with Gasteiger partial charge in [-0.05, 0) is 48.4 Å². The molecular weight excluding hydrogens is 601 g/mol. The molecule has 0 fully saturated rings. The van der Waals surface area contributed by atoms with Gasteiger partial charge in [-0.25, -0.2) is 0 Å². The fraction of sp³-hybridized carbons (Fsp3) is 0.182. The maximum absolute atomic E-state index is 2.52. The van der Waals surface area contributed by atoms with Crippen molar-refractivity contribution in [2.75, 3.05) is 0 Å². The van der Waals surface area contributed by atoms with E-state index in [-0.39, 0.29) is 51.0 Å². The van der Waals surface area contributed by atoms with Gasteiger partial charge in [-0.3, -0.25) is 0 Å². The van der Waals surface area contributed by atoms with E-state index in [1.807, 2.05) is 0 Å². The van der Waals surface area contributed by atoms with Gasteiger partial charge in [0.1, 0.15) is 0 Å². The summed E-state index contributed by atoms with van der Waals surface area (Å²) < 4.78 is 2.47. The first kappa shape index (κ1) is 30.5. The maximum Gasteiger partial charge on any atom is 3.00 e. The number of hydrogen-bond acceptors (Lipinski definition) is 0. The van der Waals surface area contributed by atoms with E-state index in [0.29, 0.717) is 0 Å². The molecule has 191 valence electrons. The zero-order valence-corrected chi connectivity index (χ0v) is 27.5. The Bertz CT molecular complexity index is 1600. The summed E-state index contributed by atoms with van der Waals surface area (Å²) in [6.07, 6.45) is 0. The van der Waals surface area contributed by atoms with Crippen molar-refractivity contribution in [2.24, 2.45) is 0 Å². The van der Waals surface area contributed by atoms with Crippen molar-refractivity contribution in [1.82, 2.24) is 4.57 Å². The SMILES string of the molecule is CC1=C2c3c(cc(C)n3-c3ccccc3)C1[Si]2(C)C.Cc1cc2c(-c3ccccc3)cccc2[cH-]1.[Cl-].[Cl-].[Zr+3]. The molecule has 4 aromatic carbocycles. The van der Waals surface area contributed by atoms with Crippen LogP contribution in [0.5, 0.6) is 0 Å². The third kappa shape index (κ3) is 4.77. The Morgan fingerprint density at radius 2 is 1.39 bits per heavy atom. The summed E-state index contributed by atoms with van der Waals surface area (Å²) in [6, 6.07) is 34.8. The second-order valence-electron chi connectivity index (χ2n) is 10.7. The van der Waals surface area contributed by atoms with Gasteiger partial charge in [-0.1, -0.05) is 85.8 Å². The Balaban J connectivity index is 0.000000198. The molecule has 1 aliphatic carbocycles.